The van der Waals surface area contributed by atoms with Gasteiger partial charge in [-0.2, -0.15) is 0 Å². The average molecular weight is 846 g/mol. The topological polar surface area (TPSA) is 181 Å². The summed E-state index contributed by atoms with van der Waals surface area (Å²) in [5, 5.41) is 20.8. The van der Waals surface area contributed by atoms with E-state index >= 15 is 0 Å². The first-order chi connectivity index (χ1) is 30.0. The number of phenolic OH excluding ortho intramolecular Hbond substituents is 2. The molecule has 2 aromatic carbocycles. The zero-order valence-corrected chi connectivity index (χ0v) is 36.2. The second-order valence-corrected chi connectivity index (χ2v) is 17.8. The van der Waals surface area contributed by atoms with E-state index in [1.54, 1.807) is 23.4 Å². The number of rotatable bonds is 9. The lowest BCUT2D eigenvalue weighted by Crippen LogP contribution is -2.56. The lowest BCUT2D eigenvalue weighted by molar-refractivity contribution is -0.139. The van der Waals surface area contributed by atoms with E-state index in [0.717, 1.165) is 106 Å². The van der Waals surface area contributed by atoms with Crippen LogP contribution >= 0.6 is 0 Å². The molecule has 0 radical (unpaired) electrons. The van der Waals surface area contributed by atoms with Gasteiger partial charge in [-0.05, 0) is 60.4 Å². The summed E-state index contributed by atoms with van der Waals surface area (Å²) < 4.78 is 5.65. The molecule has 5 aliphatic rings. The molecule has 1 atom stereocenters. The normalized spacial score (nSPS) is 19.8. The molecular weight excluding hydrogens is 787 g/mol. The second kappa shape index (κ2) is 17.8. The number of piperazine rings is 1. The van der Waals surface area contributed by atoms with E-state index in [4.69, 9.17) is 20.4 Å². The Labute approximate surface area is 363 Å². The van der Waals surface area contributed by atoms with Crippen molar-refractivity contribution >= 4 is 23.6 Å². The summed E-state index contributed by atoms with van der Waals surface area (Å²) in [5.41, 5.74) is 13.1. The fraction of sp³-hybridized carbons (Fsp3) is 0.522. The number of morpholine rings is 1. The fourth-order valence-corrected chi connectivity index (χ4v) is 9.89. The van der Waals surface area contributed by atoms with E-state index in [0.29, 0.717) is 56.8 Å². The number of hydrogen-bond donors (Lipinski definition) is 3. The number of hydrogen-bond acceptors (Lipinski definition) is 14. The van der Waals surface area contributed by atoms with Crippen LogP contribution in [0.4, 0.5) is 11.8 Å². The number of nitrogens with zero attached hydrogens (tertiary/aromatic N) is 10. The van der Waals surface area contributed by atoms with Gasteiger partial charge in [-0.25, -0.2) is 19.9 Å². The van der Waals surface area contributed by atoms with Gasteiger partial charge in [0.2, 0.25) is 11.9 Å². The average Bonchev–Trinajstić information content (AvgIpc) is 3.72. The molecule has 16 nitrogen and oxygen atoms in total. The Morgan fingerprint density at radius 2 is 1.55 bits per heavy atom. The molecule has 9 rings (SSSR count). The molecule has 3 saturated heterocycles. The Morgan fingerprint density at radius 3 is 2.27 bits per heavy atom. The SMILES string of the molecule is CC(C)c1cc(C(=O)N2Cc3ccc(CN4CCN(C(=O)C(C)N5CCC(N6CCc7c(nc(-c8cnc(N)nc8)nc7N7CCOCC7)C6)CC5)CC4)cc3C2)c(O)cc1O. The number of ether oxygens (including phenoxy) is 1. The van der Waals surface area contributed by atoms with Crippen LogP contribution in [0.5, 0.6) is 11.5 Å². The summed E-state index contributed by atoms with van der Waals surface area (Å²) in [5.74, 6) is 1.61. The van der Waals surface area contributed by atoms with Crippen LogP contribution in [0.25, 0.3) is 11.4 Å². The molecule has 1 unspecified atom stereocenters. The van der Waals surface area contributed by atoms with Crippen molar-refractivity contribution in [3.05, 3.63) is 81.8 Å². The molecule has 5 aliphatic heterocycles. The maximum atomic E-state index is 13.9. The molecule has 2 amide bonds. The summed E-state index contributed by atoms with van der Waals surface area (Å²) in [6.07, 6.45) is 6.29. The van der Waals surface area contributed by atoms with Crippen LogP contribution in [0, 0.1) is 0 Å². The zero-order valence-electron chi connectivity index (χ0n) is 36.2. The number of fused-ring (bicyclic) bond motifs is 2. The minimum atomic E-state index is -0.245. The van der Waals surface area contributed by atoms with E-state index in [9.17, 15) is 19.8 Å². The Morgan fingerprint density at radius 1 is 0.823 bits per heavy atom. The van der Waals surface area contributed by atoms with Crippen molar-refractivity contribution in [2.75, 3.05) is 82.8 Å². The van der Waals surface area contributed by atoms with Crippen LogP contribution in [-0.2, 0) is 42.1 Å². The third-order valence-electron chi connectivity index (χ3n) is 13.6. The summed E-state index contributed by atoms with van der Waals surface area (Å²) in [6.45, 7) is 17.1. The largest absolute Gasteiger partial charge is 0.508 e. The number of nitrogens with two attached hydrogens (primary N) is 1. The van der Waals surface area contributed by atoms with Crippen LogP contribution in [0.3, 0.4) is 0 Å². The molecule has 7 heterocycles. The van der Waals surface area contributed by atoms with E-state index in [1.165, 1.54) is 17.2 Å². The molecular formula is C46H59N11O5. The molecule has 0 bridgehead atoms. The Kier molecular flexibility index (Phi) is 12.0. The number of anilines is 2. The number of benzene rings is 2. The highest BCUT2D eigenvalue weighted by molar-refractivity contribution is 5.97. The van der Waals surface area contributed by atoms with Gasteiger partial charge in [0.25, 0.3) is 5.91 Å². The molecule has 2 aromatic heterocycles. The molecule has 0 saturated carbocycles. The molecule has 3 fully saturated rings. The van der Waals surface area contributed by atoms with Crippen molar-refractivity contribution in [2.45, 2.75) is 84.2 Å². The first-order valence-electron chi connectivity index (χ1n) is 22.2. The molecule has 328 valence electrons. The summed E-state index contributed by atoms with van der Waals surface area (Å²) in [6, 6.07) is 9.57. The number of aromatic nitrogens is 4. The van der Waals surface area contributed by atoms with E-state index in [2.05, 4.69) is 54.7 Å². The minimum absolute atomic E-state index is 0.00211. The van der Waals surface area contributed by atoms with Crippen molar-refractivity contribution in [3.8, 4) is 22.9 Å². The standard InChI is InChI=1S/C46H59N11O5/c1-29(2)37-21-38(41(59)22-40(37)58)45(61)57-26-32-5-4-31(20-33(32)27-57)25-52-12-14-55(15-13-52)44(60)30(3)53-9-6-35(7-10-53)56-11-8-36-39(28-56)50-42(34-23-48-46(47)49-24-34)51-43(36)54-16-18-62-19-17-54/h4-5,20-24,29-30,35,58-59H,6-19,25-28H2,1-3H3,(H2,47,48,49). The van der Waals surface area contributed by atoms with E-state index < -0.39 is 0 Å². The van der Waals surface area contributed by atoms with Crippen molar-refractivity contribution in [2.24, 2.45) is 0 Å². The number of phenols is 2. The Balaban J connectivity index is 0.759. The maximum absolute atomic E-state index is 13.9. The lowest BCUT2D eigenvalue weighted by atomic mass is 9.97. The molecule has 16 heteroatoms. The highest BCUT2D eigenvalue weighted by atomic mass is 16.5. The van der Waals surface area contributed by atoms with Crippen molar-refractivity contribution in [1.82, 2.24) is 44.4 Å². The summed E-state index contributed by atoms with van der Waals surface area (Å²) in [7, 11) is 0. The number of aromatic hydroxyl groups is 2. The van der Waals surface area contributed by atoms with E-state index in [-0.39, 0.29) is 46.8 Å². The lowest BCUT2D eigenvalue weighted by Gasteiger charge is -2.43. The monoisotopic (exact) mass is 845 g/mol. The van der Waals surface area contributed by atoms with Crippen LogP contribution in [-0.4, -0.2) is 151 Å². The number of carbonyl (C=O) groups is 2. The highest BCUT2D eigenvalue weighted by Gasteiger charge is 2.35. The third kappa shape index (κ3) is 8.65. The van der Waals surface area contributed by atoms with Gasteiger partial charge < -0.3 is 35.4 Å². The molecule has 4 aromatic rings. The summed E-state index contributed by atoms with van der Waals surface area (Å²) in [4.78, 5) is 59.4. The van der Waals surface area contributed by atoms with Crippen molar-refractivity contribution in [1.29, 1.82) is 0 Å². The molecule has 0 spiro atoms. The zero-order chi connectivity index (χ0) is 43.1. The van der Waals surface area contributed by atoms with Crippen molar-refractivity contribution < 1.29 is 24.5 Å². The predicted molar refractivity (Wildman–Crippen MR) is 234 cm³/mol. The molecule has 4 N–H and O–H groups in total. The minimum Gasteiger partial charge on any atom is -0.508 e. The number of carbonyl (C=O) groups excluding carboxylic acids is 2. The number of nitrogen functional groups attached to an aromatic ring is 1. The van der Waals surface area contributed by atoms with Gasteiger partial charge >= 0.3 is 0 Å². The van der Waals surface area contributed by atoms with Gasteiger partial charge in [-0.1, -0.05) is 32.0 Å². The molecule has 0 aliphatic carbocycles. The first kappa shape index (κ1) is 41.9. The Hall–Kier alpha value is -5.42. The fourth-order valence-electron chi connectivity index (χ4n) is 9.89. The molecule has 62 heavy (non-hydrogen) atoms. The first-order valence-corrected chi connectivity index (χ1v) is 22.2. The summed E-state index contributed by atoms with van der Waals surface area (Å²) >= 11 is 0. The van der Waals surface area contributed by atoms with Gasteiger partial charge in [0, 0.05) is 115 Å². The van der Waals surface area contributed by atoms with Crippen LogP contribution < -0.4 is 10.6 Å². The predicted octanol–water partition coefficient (Wildman–Crippen LogP) is 3.60. The van der Waals surface area contributed by atoms with Gasteiger partial charge in [-0.3, -0.25) is 24.3 Å². The number of piperidine rings is 1. The quantitative estimate of drug-likeness (QED) is 0.223. The highest BCUT2D eigenvalue weighted by Crippen LogP contribution is 2.36. The maximum Gasteiger partial charge on any atom is 0.258 e. The smallest absolute Gasteiger partial charge is 0.258 e. The number of likely N-dealkylation sites (tertiary alicyclic amines) is 1. The van der Waals surface area contributed by atoms with Crippen LogP contribution in [0.15, 0.2) is 42.7 Å². The van der Waals surface area contributed by atoms with E-state index in [1.807, 2.05) is 18.7 Å². The Bertz CT molecular complexity index is 2290. The van der Waals surface area contributed by atoms with Gasteiger partial charge in [0.1, 0.15) is 17.3 Å². The van der Waals surface area contributed by atoms with Crippen LogP contribution in [0.2, 0.25) is 0 Å². The van der Waals surface area contributed by atoms with Gasteiger partial charge in [0.15, 0.2) is 5.82 Å². The van der Waals surface area contributed by atoms with Gasteiger partial charge in [0.05, 0.1) is 36.1 Å². The van der Waals surface area contributed by atoms with Gasteiger partial charge in [-0.15, -0.1) is 0 Å². The number of amides is 2. The van der Waals surface area contributed by atoms with Crippen LogP contribution in [0.1, 0.15) is 83.4 Å². The second-order valence-electron chi connectivity index (χ2n) is 17.8. The third-order valence-corrected chi connectivity index (χ3v) is 13.6. The van der Waals surface area contributed by atoms with Crippen molar-refractivity contribution in [3.63, 3.8) is 0 Å².